The van der Waals surface area contributed by atoms with Gasteiger partial charge in [-0.25, -0.2) is 0 Å². The van der Waals surface area contributed by atoms with E-state index >= 15 is 0 Å². The van der Waals surface area contributed by atoms with Gasteiger partial charge in [-0.2, -0.15) is 0 Å². The maximum atomic E-state index is 9.96. The van der Waals surface area contributed by atoms with Crippen LogP contribution in [0.1, 0.15) is 19.3 Å². The van der Waals surface area contributed by atoms with E-state index in [2.05, 4.69) is 6.08 Å². The summed E-state index contributed by atoms with van der Waals surface area (Å²) in [4.78, 5) is 9.96. The van der Waals surface area contributed by atoms with Crippen LogP contribution in [-0.4, -0.2) is 6.29 Å². The summed E-state index contributed by atoms with van der Waals surface area (Å²) in [5.74, 6) is 0. The van der Waals surface area contributed by atoms with Gasteiger partial charge in [-0.1, -0.05) is 12.2 Å². The van der Waals surface area contributed by atoms with E-state index in [4.69, 9.17) is 0 Å². The Morgan fingerprint density at radius 3 is 3.00 bits per heavy atom. The minimum Gasteiger partial charge on any atom is -0.299 e. The van der Waals surface area contributed by atoms with Gasteiger partial charge in [-0.3, -0.25) is 4.79 Å². The molecule has 1 aliphatic rings. The lowest BCUT2D eigenvalue weighted by Gasteiger charge is -2.03. The highest BCUT2D eigenvalue weighted by Gasteiger charge is 1.96. The van der Waals surface area contributed by atoms with Crippen LogP contribution in [0.2, 0.25) is 0 Å². The van der Waals surface area contributed by atoms with Gasteiger partial charge in [0, 0.05) is 0 Å². The fourth-order valence-electron chi connectivity index (χ4n) is 0.968. The first-order chi connectivity index (χ1) is 4.43. The molecule has 0 aromatic carbocycles. The molecule has 0 saturated carbocycles. The van der Waals surface area contributed by atoms with Gasteiger partial charge < -0.3 is 0 Å². The number of carbonyl (C=O) groups is 1. The molecule has 0 aliphatic heterocycles. The molecule has 0 spiro atoms. The maximum Gasteiger partial charge on any atom is 0.143 e. The molecule has 0 fully saturated rings. The quantitative estimate of drug-likeness (QED) is 0.383. The largest absolute Gasteiger partial charge is 0.299 e. The SMILES string of the molecule is O=CC=C1C=CCCC1. The fraction of sp³-hybridized carbons (Fsp3) is 0.375. The van der Waals surface area contributed by atoms with Crippen LogP contribution in [0, 0.1) is 0 Å². The smallest absolute Gasteiger partial charge is 0.143 e. The molecule has 1 heteroatoms. The molecular formula is C8H10O. The van der Waals surface area contributed by atoms with Crippen molar-refractivity contribution in [3.8, 4) is 0 Å². The zero-order valence-corrected chi connectivity index (χ0v) is 5.34. The summed E-state index contributed by atoms with van der Waals surface area (Å²) in [5, 5.41) is 0. The van der Waals surface area contributed by atoms with Gasteiger partial charge in [-0.15, -0.1) is 0 Å². The van der Waals surface area contributed by atoms with E-state index in [0.29, 0.717) is 0 Å². The van der Waals surface area contributed by atoms with Crippen LogP contribution in [0.4, 0.5) is 0 Å². The molecule has 1 rings (SSSR count). The minimum absolute atomic E-state index is 0.852. The van der Waals surface area contributed by atoms with E-state index in [9.17, 15) is 4.79 Å². The van der Waals surface area contributed by atoms with Crippen molar-refractivity contribution in [1.82, 2.24) is 0 Å². The van der Waals surface area contributed by atoms with Gasteiger partial charge in [-0.05, 0) is 30.9 Å². The number of hydrogen-bond donors (Lipinski definition) is 0. The van der Waals surface area contributed by atoms with Gasteiger partial charge in [0.05, 0.1) is 0 Å². The summed E-state index contributed by atoms with van der Waals surface area (Å²) in [6.45, 7) is 0. The molecule has 0 heterocycles. The second-order valence-corrected chi connectivity index (χ2v) is 2.17. The zero-order valence-electron chi connectivity index (χ0n) is 5.34. The highest BCUT2D eigenvalue weighted by atomic mass is 16.1. The Kier molecular flexibility index (Phi) is 2.25. The van der Waals surface area contributed by atoms with Gasteiger partial charge in [0.2, 0.25) is 0 Å². The zero-order chi connectivity index (χ0) is 6.53. The van der Waals surface area contributed by atoms with Crippen LogP contribution in [0.15, 0.2) is 23.8 Å². The van der Waals surface area contributed by atoms with E-state index in [-0.39, 0.29) is 0 Å². The molecule has 9 heavy (non-hydrogen) atoms. The van der Waals surface area contributed by atoms with E-state index in [1.165, 1.54) is 6.42 Å². The molecule has 0 unspecified atom stereocenters. The number of hydrogen-bond acceptors (Lipinski definition) is 1. The molecule has 0 aromatic heterocycles. The summed E-state index contributed by atoms with van der Waals surface area (Å²) < 4.78 is 0. The molecular weight excluding hydrogens is 112 g/mol. The molecule has 1 nitrogen and oxygen atoms in total. The molecule has 0 N–H and O–H groups in total. The molecule has 0 aromatic rings. The number of aldehydes is 1. The van der Waals surface area contributed by atoms with Gasteiger partial charge in [0.1, 0.15) is 6.29 Å². The lowest BCUT2D eigenvalue weighted by Crippen LogP contribution is -1.85. The van der Waals surface area contributed by atoms with Crippen molar-refractivity contribution in [3.05, 3.63) is 23.8 Å². The van der Waals surface area contributed by atoms with Crippen molar-refractivity contribution in [2.75, 3.05) is 0 Å². The van der Waals surface area contributed by atoms with Gasteiger partial charge in [0.25, 0.3) is 0 Å². The van der Waals surface area contributed by atoms with E-state index in [1.807, 2.05) is 6.08 Å². The Bertz CT molecular complexity index is 154. The van der Waals surface area contributed by atoms with Crippen molar-refractivity contribution in [2.24, 2.45) is 0 Å². The van der Waals surface area contributed by atoms with Crippen molar-refractivity contribution >= 4 is 6.29 Å². The third-order valence-electron chi connectivity index (χ3n) is 1.45. The van der Waals surface area contributed by atoms with Crippen molar-refractivity contribution < 1.29 is 4.79 Å². The normalized spacial score (nSPS) is 22.4. The Morgan fingerprint density at radius 1 is 1.56 bits per heavy atom. The average Bonchev–Trinajstić information content (AvgIpc) is 1.91. The highest BCUT2D eigenvalue weighted by molar-refractivity contribution is 5.67. The predicted molar refractivity (Wildman–Crippen MR) is 37.1 cm³/mol. The average molecular weight is 122 g/mol. The van der Waals surface area contributed by atoms with Crippen LogP contribution < -0.4 is 0 Å². The first-order valence-corrected chi connectivity index (χ1v) is 3.24. The Hall–Kier alpha value is -0.850. The molecule has 0 bridgehead atoms. The lowest BCUT2D eigenvalue weighted by molar-refractivity contribution is -0.104. The molecule has 0 saturated heterocycles. The Labute approximate surface area is 55.1 Å². The van der Waals surface area contributed by atoms with Crippen LogP contribution in [0.25, 0.3) is 0 Å². The first kappa shape index (κ1) is 6.27. The molecule has 48 valence electrons. The second-order valence-electron chi connectivity index (χ2n) is 2.17. The van der Waals surface area contributed by atoms with Crippen LogP contribution in [0.3, 0.4) is 0 Å². The fourth-order valence-corrected chi connectivity index (χ4v) is 0.968. The summed E-state index contributed by atoms with van der Waals surface area (Å²) in [6, 6.07) is 0. The predicted octanol–water partition coefficient (Wildman–Crippen LogP) is 1.85. The lowest BCUT2D eigenvalue weighted by atomic mass is 10.0. The third kappa shape index (κ3) is 1.84. The molecule has 0 amide bonds. The topological polar surface area (TPSA) is 17.1 Å². The third-order valence-corrected chi connectivity index (χ3v) is 1.45. The number of rotatable bonds is 1. The monoisotopic (exact) mass is 122 g/mol. The van der Waals surface area contributed by atoms with Crippen LogP contribution >= 0.6 is 0 Å². The Morgan fingerprint density at radius 2 is 2.44 bits per heavy atom. The van der Waals surface area contributed by atoms with Gasteiger partial charge in [0.15, 0.2) is 0 Å². The molecule has 0 radical (unpaired) electrons. The van der Waals surface area contributed by atoms with Gasteiger partial charge >= 0.3 is 0 Å². The van der Waals surface area contributed by atoms with E-state index < -0.39 is 0 Å². The van der Waals surface area contributed by atoms with Crippen LogP contribution in [-0.2, 0) is 4.79 Å². The first-order valence-electron chi connectivity index (χ1n) is 3.24. The van der Waals surface area contributed by atoms with Crippen molar-refractivity contribution in [1.29, 1.82) is 0 Å². The summed E-state index contributed by atoms with van der Waals surface area (Å²) >= 11 is 0. The van der Waals surface area contributed by atoms with Crippen molar-refractivity contribution in [3.63, 3.8) is 0 Å². The number of carbonyl (C=O) groups excluding carboxylic acids is 1. The van der Waals surface area contributed by atoms with Crippen molar-refractivity contribution in [2.45, 2.75) is 19.3 Å². The molecule has 0 atom stereocenters. The summed E-state index contributed by atoms with van der Waals surface area (Å²) in [7, 11) is 0. The molecule has 1 aliphatic carbocycles. The van der Waals surface area contributed by atoms with E-state index in [0.717, 1.165) is 24.7 Å². The number of allylic oxidation sites excluding steroid dienone is 4. The van der Waals surface area contributed by atoms with E-state index in [1.54, 1.807) is 6.08 Å². The van der Waals surface area contributed by atoms with Crippen LogP contribution in [0.5, 0.6) is 0 Å². The standard InChI is InChI=1S/C8H10O/c9-7-6-8-4-2-1-3-5-8/h2,4,6-7H,1,3,5H2. The maximum absolute atomic E-state index is 9.96. The summed E-state index contributed by atoms with van der Waals surface area (Å²) in [6.07, 6.45) is 10.0. The highest BCUT2D eigenvalue weighted by Crippen LogP contribution is 2.14. The minimum atomic E-state index is 0.852. The second kappa shape index (κ2) is 3.23. The Balaban J connectivity index is 2.59. The summed E-state index contributed by atoms with van der Waals surface area (Å²) in [5.41, 5.74) is 1.16.